The highest BCUT2D eigenvalue weighted by Crippen LogP contribution is 2.40. The maximum Gasteiger partial charge on any atom is 0.264 e. The molecule has 3 aromatic heterocycles. The van der Waals surface area contributed by atoms with E-state index in [1.165, 1.54) is 0 Å². The molecule has 224 valence electrons. The maximum atomic E-state index is 15.0. The Hall–Kier alpha value is -6.59. The zero-order chi connectivity index (χ0) is 31.8. The lowest BCUT2D eigenvalue weighted by atomic mass is 9.98. The molecule has 0 bridgehead atoms. The van der Waals surface area contributed by atoms with Gasteiger partial charge in [0.25, 0.3) is 5.56 Å². The number of hydrogen-bond acceptors (Lipinski definition) is 3. The van der Waals surface area contributed by atoms with Crippen LogP contribution in [0.3, 0.4) is 0 Å². The lowest BCUT2D eigenvalue weighted by Crippen LogP contribution is -2.20. The Morgan fingerprint density at radius 1 is 0.438 bits per heavy atom. The molecule has 0 aliphatic rings. The quantitative estimate of drug-likeness (QED) is 0.186. The highest BCUT2D eigenvalue weighted by atomic mass is 16.1. The lowest BCUT2D eigenvalue weighted by Gasteiger charge is -2.17. The van der Waals surface area contributed by atoms with Crippen molar-refractivity contribution < 1.29 is 0 Å². The van der Waals surface area contributed by atoms with Crippen molar-refractivity contribution >= 4 is 65.2 Å². The molecule has 0 unspecified atom stereocenters. The second kappa shape index (κ2) is 10.2. The van der Waals surface area contributed by atoms with E-state index < -0.39 is 0 Å². The van der Waals surface area contributed by atoms with Gasteiger partial charge in [0.05, 0.1) is 33.1 Å². The molecule has 7 aromatic carbocycles. The Balaban J connectivity index is 1.46. The molecule has 0 N–H and O–H groups in total. The minimum absolute atomic E-state index is 0.0609. The zero-order valence-corrected chi connectivity index (χ0v) is 25.7. The molecule has 0 atom stereocenters. The van der Waals surface area contributed by atoms with Gasteiger partial charge in [0.2, 0.25) is 5.95 Å². The van der Waals surface area contributed by atoms with E-state index in [1.54, 1.807) is 0 Å². The molecule has 0 saturated heterocycles. The number of aromatic nitrogens is 4. The summed E-state index contributed by atoms with van der Waals surface area (Å²) in [7, 11) is 0. The molecule has 3 heterocycles. The largest absolute Gasteiger partial charge is 0.276 e. The standard InChI is InChI=1S/C43H26N4O/c48-42-38-30-18-8-7-13-27(30)23-24-32(38)34-26-25-33-31-19-10-12-22-37(31)47(41(33)40(34)46(42)29-16-5-2-6-17-29)43-44-36-21-11-9-20-35(36)39(45-43)28-14-3-1-4-15-28/h1-26H. The molecular weight excluding hydrogens is 589 g/mol. The van der Waals surface area contributed by atoms with E-state index in [1.807, 2.05) is 95.6 Å². The molecule has 10 rings (SSSR count). The zero-order valence-electron chi connectivity index (χ0n) is 25.7. The summed E-state index contributed by atoms with van der Waals surface area (Å²) >= 11 is 0. The molecule has 0 aliphatic carbocycles. The monoisotopic (exact) mass is 614 g/mol. The topological polar surface area (TPSA) is 52.7 Å². The van der Waals surface area contributed by atoms with E-state index in [4.69, 9.17) is 9.97 Å². The van der Waals surface area contributed by atoms with Crippen LogP contribution in [-0.2, 0) is 0 Å². The van der Waals surface area contributed by atoms with Crippen LogP contribution >= 0.6 is 0 Å². The Bertz CT molecular complexity index is 2960. The lowest BCUT2D eigenvalue weighted by molar-refractivity contribution is 1.00. The normalized spacial score (nSPS) is 11.8. The summed E-state index contributed by atoms with van der Waals surface area (Å²) in [6, 6.07) is 53.4. The van der Waals surface area contributed by atoms with Crippen LogP contribution in [0.4, 0.5) is 0 Å². The molecule has 10 aromatic rings. The highest BCUT2D eigenvalue weighted by Gasteiger charge is 2.23. The van der Waals surface area contributed by atoms with E-state index in [2.05, 4.69) is 71.3 Å². The van der Waals surface area contributed by atoms with E-state index in [0.717, 1.165) is 76.7 Å². The fraction of sp³-hybridized carbons (Fsp3) is 0. The van der Waals surface area contributed by atoms with E-state index >= 15 is 0 Å². The van der Waals surface area contributed by atoms with Crippen molar-refractivity contribution in [3.8, 4) is 22.9 Å². The van der Waals surface area contributed by atoms with E-state index in [-0.39, 0.29) is 5.56 Å². The van der Waals surface area contributed by atoms with Crippen molar-refractivity contribution in [2.24, 2.45) is 0 Å². The average Bonchev–Trinajstić information content (AvgIpc) is 3.49. The number of nitrogens with zero attached hydrogens (tertiary/aromatic N) is 4. The van der Waals surface area contributed by atoms with Gasteiger partial charge in [0, 0.05) is 32.8 Å². The summed E-state index contributed by atoms with van der Waals surface area (Å²) in [6.07, 6.45) is 0. The SMILES string of the molecule is O=c1c2c3ccccc3ccc2c2ccc3c4ccccc4n(-c4nc(-c5ccccc5)c5ccccc5n4)c3c2n1-c1ccccc1. The van der Waals surface area contributed by atoms with Crippen LogP contribution in [0.1, 0.15) is 0 Å². The van der Waals surface area contributed by atoms with Gasteiger partial charge in [-0.05, 0) is 40.4 Å². The Labute approximate surface area is 274 Å². The predicted octanol–water partition coefficient (Wildman–Crippen LogP) is 10.0. The number of rotatable bonds is 3. The predicted molar refractivity (Wildman–Crippen MR) is 197 cm³/mol. The van der Waals surface area contributed by atoms with Gasteiger partial charge < -0.3 is 0 Å². The molecule has 0 aliphatic heterocycles. The first-order chi connectivity index (χ1) is 23.8. The van der Waals surface area contributed by atoms with Crippen LogP contribution in [0.2, 0.25) is 0 Å². The van der Waals surface area contributed by atoms with Crippen molar-refractivity contribution in [3.05, 3.63) is 168 Å². The summed E-state index contributed by atoms with van der Waals surface area (Å²) in [5.41, 5.74) is 6.15. The van der Waals surface area contributed by atoms with Gasteiger partial charge in [0.15, 0.2) is 0 Å². The molecule has 48 heavy (non-hydrogen) atoms. The molecule has 0 saturated carbocycles. The van der Waals surface area contributed by atoms with Crippen molar-refractivity contribution in [3.63, 3.8) is 0 Å². The van der Waals surface area contributed by atoms with Crippen LogP contribution in [0, 0.1) is 0 Å². The number of benzene rings is 7. The second-order valence-electron chi connectivity index (χ2n) is 12.2. The summed E-state index contributed by atoms with van der Waals surface area (Å²) in [5, 5.41) is 7.67. The van der Waals surface area contributed by atoms with Crippen molar-refractivity contribution in [2.75, 3.05) is 0 Å². The minimum Gasteiger partial charge on any atom is -0.276 e. The molecular formula is C43H26N4O. The minimum atomic E-state index is -0.0609. The number of fused-ring (bicyclic) bond motifs is 10. The number of para-hydroxylation sites is 3. The number of hydrogen-bond donors (Lipinski definition) is 0. The van der Waals surface area contributed by atoms with Crippen LogP contribution in [0.25, 0.3) is 88.0 Å². The van der Waals surface area contributed by atoms with Gasteiger partial charge >= 0.3 is 0 Å². The van der Waals surface area contributed by atoms with Gasteiger partial charge in [0.1, 0.15) is 0 Å². The Morgan fingerprint density at radius 3 is 1.85 bits per heavy atom. The summed E-state index contributed by atoms with van der Waals surface area (Å²) < 4.78 is 4.04. The first-order valence-electron chi connectivity index (χ1n) is 16.1. The van der Waals surface area contributed by atoms with Crippen molar-refractivity contribution in [1.82, 2.24) is 19.1 Å². The van der Waals surface area contributed by atoms with Crippen molar-refractivity contribution in [1.29, 1.82) is 0 Å². The fourth-order valence-electron chi connectivity index (χ4n) is 7.44. The third kappa shape index (κ3) is 3.76. The fourth-order valence-corrected chi connectivity index (χ4v) is 7.44. The van der Waals surface area contributed by atoms with E-state index in [9.17, 15) is 4.79 Å². The molecule has 0 radical (unpaired) electrons. The summed E-state index contributed by atoms with van der Waals surface area (Å²) in [4.78, 5) is 25.5. The van der Waals surface area contributed by atoms with Crippen LogP contribution in [0.5, 0.6) is 0 Å². The molecule has 0 amide bonds. The molecule has 5 nitrogen and oxygen atoms in total. The molecule has 0 spiro atoms. The van der Waals surface area contributed by atoms with Crippen LogP contribution in [-0.4, -0.2) is 19.1 Å². The maximum absolute atomic E-state index is 15.0. The first kappa shape index (κ1) is 26.6. The Morgan fingerprint density at radius 2 is 1.04 bits per heavy atom. The smallest absolute Gasteiger partial charge is 0.264 e. The van der Waals surface area contributed by atoms with Crippen molar-refractivity contribution in [2.45, 2.75) is 0 Å². The van der Waals surface area contributed by atoms with Gasteiger partial charge in [-0.2, -0.15) is 0 Å². The Kier molecular flexibility index (Phi) is 5.66. The van der Waals surface area contributed by atoms with Crippen LogP contribution in [0.15, 0.2) is 163 Å². The third-order valence-electron chi connectivity index (χ3n) is 9.52. The van der Waals surface area contributed by atoms with Gasteiger partial charge in [-0.25, -0.2) is 9.97 Å². The number of pyridine rings is 1. The first-order valence-corrected chi connectivity index (χ1v) is 16.1. The summed E-state index contributed by atoms with van der Waals surface area (Å²) in [6.45, 7) is 0. The summed E-state index contributed by atoms with van der Waals surface area (Å²) in [5.74, 6) is 0.553. The highest BCUT2D eigenvalue weighted by molar-refractivity contribution is 6.24. The van der Waals surface area contributed by atoms with Crippen LogP contribution < -0.4 is 5.56 Å². The van der Waals surface area contributed by atoms with Gasteiger partial charge in [-0.1, -0.05) is 133 Å². The second-order valence-corrected chi connectivity index (χ2v) is 12.2. The van der Waals surface area contributed by atoms with Gasteiger partial charge in [-0.3, -0.25) is 13.9 Å². The van der Waals surface area contributed by atoms with Gasteiger partial charge in [-0.15, -0.1) is 0 Å². The molecule has 0 fully saturated rings. The molecule has 5 heteroatoms. The average molecular weight is 615 g/mol. The van der Waals surface area contributed by atoms with E-state index in [0.29, 0.717) is 11.3 Å². The third-order valence-corrected chi connectivity index (χ3v) is 9.52.